The Bertz CT molecular complexity index is 622. The van der Waals surface area contributed by atoms with E-state index < -0.39 is 4.92 Å². The Morgan fingerprint density at radius 3 is 2.71 bits per heavy atom. The zero-order chi connectivity index (χ0) is 15.4. The lowest BCUT2D eigenvalue weighted by Gasteiger charge is -2.23. The quantitative estimate of drug-likeness (QED) is 0.654. The molecule has 0 aromatic carbocycles. The van der Waals surface area contributed by atoms with Crippen molar-refractivity contribution in [2.45, 2.75) is 6.04 Å². The molecule has 0 saturated carbocycles. The number of hydrogen-bond acceptors (Lipinski definition) is 6. The molecule has 2 rings (SSSR count). The van der Waals surface area contributed by atoms with E-state index in [1.54, 1.807) is 11.3 Å². The fourth-order valence-electron chi connectivity index (χ4n) is 1.89. The van der Waals surface area contributed by atoms with Gasteiger partial charge in [0, 0.05) is 12.6 Å². The van der Waals surface area contributed by atoms with Gasteiger partial charge in [0.05, 0.1) is 15.8 Å². The lowest BCUT2D eigenvalue weighted by molar-refractivity contribution is -0.380. The van der Waals surface area contributed by atoms with Crippen LogP contribution in [0.1, 0.15) is 21.3 Å². The van der Waals surface area contributed by atoms with Crippen LogP contribution in [0, 0.1) is 10.1 Å². The second kappa shape index (κ2) is 6.79. The largest absolute Gasteiger partial charge is 0.349 e. The molecule has 0 aliphatic heterocycles. The lowest BCUT2D eigenvalue weighted by Crippen LogP contribution is -2.34. The van der Waals surface area contributed by atoms with Crippen molar-refractivity contribution < 1.29 is 9.72 Å². The molecule has 0 saturated heterocycles. The van der Waals surface area contributed by atoms with Gasteiger partial charge in [-0.1, -0.05) is 11.3 Å². The first-order valence-electron chi connectivity index (χ1n) is 6.20. The van der Waals surface area contributed by atoms with Crippen molar-refractivity contribution >= 4 is 33.6 Å². The number of hydrogen-bond donors (Lipinski definition) is 1. The molecule has 0 spiro atoms. The number of amides is 1. The van der Waals surface area contributed by atoms with Crippen LogP contribution >= 0.6 is 22.7 Å². The van der Waals surface area contributed by atoms with Gasteiger partial charge in [0.1, 0.15) is 0 Å². The van der Waals surface area contributed by atoms with E-state index >= 15 is 0 Å². The summed E-state index contributed by atoms with van der Waals surface area (Å²) in [5, 5.41) is 17.5. The molecule has 2 aromatic heterocycles. The average Bonchev–Trinajstić information content (AvgIpc) is 3.09. The zero-order valence-electron chi connectivity index (χ0n) is 11.6. The van der Waals surface area contributed by atoms with Crippen molar-refractivity contribution in [2.24, 2.45) is 0 Å². The molecular formula is C13H15N3O3S2. The number of carbonyl (C=O) groups is 1. The molecular weight excluding hydrogens is 310 g/mol. The average molecular weight is 325 g/mol. The predicted molar refractivity (Wildman–Crippen MR) is 84.1 cm³/mol. The van der Waals surface area contributed by atoms with E-state index in [9.17, 15) is 14.9 Å². The maximum atomic E-state index is 12.0. The molecule has 1 N–H and O–H groups in total. The summed E-state index contributed by atoms with van der Waals surface area (Å²) >= 11 is 2.49. The molecule has 0 fully saturated rings. The van der Waals surface area contributed by atoms with E-state index in [-0.39, 0.29) is 17.0 Å². The number of likely N-dealkylation sites (N-methyl/N-ethyl adjacent to an activating group) is 1. The molecule has 1 unspecified atom stereocenters. The second-order valence-corrected chi connectivity index (χ2v) is 6.48. The molecule has 1 amide bonds. The summed E-state index contributed by atoms with van der Waals surface area (Å²) in [5.41, 5.74) is 1.14. The van der Waals surface area contributed by atoms with Gasteiger partial charge in [0.15, 0.2) is 0 Å². The molecule has 1 atom stereocenters. The number of rotatable bonds is 6. The van der Waals surface area contributed by atoms with E-state index in [1.165, 1.54) is 12.1 Å². The number of nitro groups is 1. The second-order valence-electron chi connectivity index (χ2n) is 4.64. The lowest BCUT2D eigenvalue weighted by atomic mass is 10.1. The van der Waals surface area contributed by atoms with Crippen molar-refractivity contribution in [3.8, 4) is 0 Å². The highest BCUT2D eigenvalue weighted by molar-refractivity contribution is 7.17. The van der Waals surface area contributed by atoms with Crippen molar-refractivity contribution in [2.75, 3.05) is 20.6 Å². The third kappa shape index (κ3) is 3.87. The van der Waals surface area contributed by atoms with E-state index in [0.29, 0.717) is 11.4 Å². The van der Waals surface area contributed by atoms with E-state index in [0.717, 1.165) is 16.9 Å². The zero-order valence-corrected chi connectivity index (χ0v) is 13.2. The van der Waals surface area contributed by atoms with Crippen molar-refractivity contribution in [1.29, 1.82) is 0 Å². The maximum Gasteiger partial charge on any atom is 0.324 e. The molecule has 0 radical (unpaired) electrons. The highest BCUT2D eigenvalue weighted by atomic mass is 32.1. The monoisotopic (exact) mass is 325 g/mol. The van der Waals surface area contributed by atoms with Gasteiger partial charge in [-0.2, -0.15) is 11.3 Å². The number of nitrogens with one attached hydrogen (secondary N) is 1. The predicted octanol–water partition coefficient (Wildman–Crippen LogP) is 2.75. The Kier molecular flexibility index (Phi) is 5.05. The molecule has 2 aromatic rings. The van der Waals surface area contributed by atoms with Gasteiger partial charge in [-0.05, 0) is 42.6 Å². The van der Waals surface area contributed by atoms with Gasteiger partial charge in [-0.3, -0.25) is 14.9 Å². The molecule has 6 nitrogen and oxygen atoms in total. The standard InChI is InChI=1S/C13H15N3O3S2/c1-15(2)10(9-5-6-20-8-9)7-14-13(17)11-3-4-12(21-11)16(18)19/h3-6,8,10H,7H2,1-2H3,(H,14,17). The van der Waals surface area contributed by atoms with Crippen LogP contribution in [-0.2, 0) is 0 Å². The Morgan fingerprint density at radius 2 is 2.19 bits per heavy atom. The van der Waals surface area contributed by atoms with Crippen LogP contribution in [0.2, 0.25) is 0 Å². The summed E-state index contributed by atoms with van der Waals surface area (Å²) in [7, 11) is 3.90. The van der Waals surface area contributed by atoms with Crippen LogP contribution in [0.5, 0.6) is 0 Å². The first-order valence-corrected chi connectivity index (χ1v) is 7.96. The highest BCUT2D eigenvalue weighted by Gasteiger charge is 2.18. The normalized spacial score (nSPS) is 12.3. The summed E-state index contributed by atoms with van der Waals surface area (Å²) < 4.78 is 0. The Morgan fingerprint density at radius 1 is 1.43 bits per heavy atom. The summed E-state index contributed by atoms with van der Waals surface area (Å²) in [6.07, 6.45) is 0. The number of nitrogens with zero attached hydrogens (tertiary/aromatic N) is 2. The minimum Gasteiger partial charge on any atom is -0.349 e. The molecule has 112 valence electrons. The van der Waals surface area contributed by atoms with Crippen molar-refractivity contribution in [3.05, 3.63) is 49.5 Å². The van der Waals surface area contributed by atoms with E-state index in [4.69, 9.17) is 0 Å². The van der Waals surface area contributed by atoms with Gasteiger partial charge < -0.3 is 10.2 Å². The summed E-state index contributed by atoms with van der Waals surface area (Å²) in [6, 6.07) is 4.93. The first kappa shape index (κ1) is 15.6. The minimum atomic E-state index is -0.491. The van der Waals surface area contributed by atoms with Crippen molar-refractivity contribution in [3.63, 3.8) is 0 Å². The summed E-state index contributed by atoms with van der Waals surface area (Å²) in [6.45, 7) is 0.453. The molecule has 0 aliphatic rings. The fourth-order valence-corrected chi connectivity index (χ4v) is 3.33. The Labute approximate surface area is 130 Å². The Balaban J connectivity index is 2.00. The Hall–Kier alpha value is -1.77. The highest BCUT2D eigenvalue weighted by Crippen LogP contribution is 2.24. The van der Waals surface area contributed by atoms with Gasteiger partial charge >= 0.3 is 5.00 Å². The third-order valence-electron chi connectivity index (χ3n) is 3.00. The number of thiophene rings is 2. The fraction of sp³-hybridized carbons (Fsp3) is 0.308. The molecule has 21 heavy (non-hydrogen) atoms. The molecule has 8 heteroatoms. The first-order chi connectivity index (χ1) is 9.99. The third-order valence-corrected chi connectivity index (χ3v) is 4.74. The minimum absolute atomic E-state index is 0.0258. The molecule has 0 aliphatic carbocycles. The van der Waals surface area contributed by atoms with Gasteiger partial charge in [0.2, 0.25) is 0 Å². The molecule has 2 heterocycles. The van der Waals surface area contributed by atoms with Gasteiger partial charge in [0.25, 0.3) is 5.91 Å². The van der Waals surface area contributed by atoms with E-state index in [2.05, 4.69) is 5.32 Å². The topological polar surface area (TPSA) is 75.5 Å². The van der Waals surface area contributed by atoms with Crippen LogP contribution in [0.3, 0.4) is 0 Å². The smallest absolute Gasteiger partial charge is 0.324 e. The van der Waals surface area contributed by atoms with Gasteiger partial charge in [-0.15, -0.1) is 0 Å². The van der Waals surface area contributed by atoms with E-state index in [1.807, 2.05) is 35.8 Å². The van der Waals surface area contributed by atoms with Crippen LogP contribution in [0.4, 0.5) is 5.00 Å². The summed E-state index contributed by atoms with van der Waals surface area (Å²) in [5.74, 6) is -0.282. The molecule has 0 bridgehead atoms. The number of carbonyl (C=O) groups excluding carboxylic acids is 1. The van der Waals surface area contributed by atoms with Crippen LogP contribution in [0.15, 0.2) is 29.0 Å². The van der Waals surface area contributed by atoms with Crippen LogP contribution < -0.4 is 5.32 Å². The van der Waals surface area contributed by atoms with Crippen molar-refractivity contribution in [1.82, 2.24) is 10.2 Å². The van der Waals surface area contributed by atoms with Crippen LogP contribution in [-0.4, -0.2) is 36.4 Å². The van der Waals surface area contributed by atoms with Gasteiger partial charge in [-0.25, -0.2) is 0 Å². The SMILES string of the molecule is CN(C)C(CNC(=O)c1ccc([N+](=O)[O-])s1)c1ccsc1. The van der Waals surface area contributed by atoms with Crippen LogP contribution in [0.25, 0.3) is 0 Å². The maximum absolute atomic E-state index is 12.0. The summed E-state index contributed by atoms with van der Waals surface area (Å²) in [4.78, 5) is 24.6.